The van der Waals surface area contributed by atoms with Crippen LogP contribution < -0.4 is 11.5 Å². The maximum absolute atomic E-state index is 12.8. The van der Waals surface area contributed by atoms with Crippen molar-refractivity contribution in [2.75, 3.05) is 6.26 Å². The molecule has 0 aliphatic heterocycles. The van der Waals surface area contributed by atoms with Crippen LogP contribution in [0, 0.1) is 0 Å². The number of rotatable bonds is 3. The number of aliphatic imine (C=N–C) groups is 1. The van der Waals surface area contributed by atoms with Gasteiger partial charge in [-0.15, -0.1) is 0 Å². The highest BCUT2D eigenvalue weighted by Crippen LogP contribution is 2.26. The number of hydrogen-bond acceptors (Lipinski definition) is 3. The molecule has 0 saturated carbocycles. The molecule has 0 bridgehead atoms. The molecule has 0 fully saturated rings. The number of carbonyl (C=O) groups excluding carboxylic acids is 1. The van der Waals surface area contributed by atoms with Gasteiger partial charge in [0.15, 0.2) is 15.8 Å². The first-order chi connectivity index (χ1) is 8.66. The minimum Gasteiger partial charge on any atom is -0.370 e. The normalized spacial score (nSPS) is 11.1. The highest BCUT2D eigenvalue weighted by molar-refractivity contribution is 7.90. The second-order valence-corrected chi connectivity index (χ2v) is 6.08. The molecule has 104 valence electrons. The molecule has 4 N–H and O–H groups in total. The predicted molar refractivity (Wildman–Crippen MR) is 69.5 cm³/mol. The van der Waals surface area contributed by atoms with Gasteiger partial charge in [-0.2, -0.15) is 4.99 Å². The molecule has 1 aromatic rings. The second-order valence-electron chi connectivity index (χ2n) is 3.69. The lowest BCUT2D eigenvalue weighted by Crippen LogP contribution is -2.24. The average Bonchev–Trinajstić information content (AvgIpc) is 2.25. The molecule has 1 aromatic carbocycles. The van der Waals surface area contributed by atoms with Gasteiger partial charge in [-0.3, -0.25) is 4.79 Å². The second kappa shape index (κ2) is 5.54. The predicted octanol–water partition coefficient (Wildman–Crippen LogP) is 0.627. The third-order valence-corrected chi connectivity index (χ3v) is 3.72. The van der Waals surface area contributed by atoms with Gasteiger partial charge in [-0.05, 0) is 17.7 Å². The molecule has 0 radical (unpaired) electrons. The molecular weight excluding hydrogens is 297 g/mol. The third kappa shape index (κ3) is 3.65. The van der Waals surface area contributed by atoms with Crippen LogP contribution in [-0.4, -0.2) is 26.5 Å². The van der Waals surface area contributed by atoms with Crippen molar-refractivity contribution in [2.45, 2.75) is 11.6 Å². The van der Waals surface area contributed by atoms with Gasteiger partial charge in [-0.25, -0.2) is 12.8 Å². The van der Waals surface area contributed by atoms with E-state index in [2.05, 4.69) is 4.99 Å². The van der Waals surface area contributed by atoms with E-state index >= 15 is 0 Å². The summed E-state index contributed by atoms with van der Waals surface area (Å²) in [7, 11) is -3.66. The van der Waals surface area contributed by atoms with Crippen LogP contribution in [-0.2, 0) is 16.5 Å². The van der Waals surface area contributed by atoms with E-state index in [4.69, 9.17) is 23.1 Å². The van der Waals surface area contributed by atoms with Crippen LogP contribution in [0.25, 0.3) is 0 Å². The largest absolute Gasteiger partial charge is 0.370 e. The summed E-state index contributed by atoms with van der Waals surface area (Å²) in [6, 6.07) is 2.02. The molecule has 0 aromatic heterocycles. The Morgan fingerprint density at radius 2 is 2.00 bits per heavy atom. The van der Waals surface area contributed by atoms with Crippen LogP contribution in [0.4, 0.5) is 4.39 Å². The van der Waals surface area contributed by atoms with Gasteiger partial charge in [0.1, 0.15) is 6.67 Å². The SMILES string of the molecule is CS(=O)(=O)c1cc(C(=O)N=C(N)N)c(CF)cc1Cl. The average molecular weight is 308 g/mol. The van der Waals surface area contributed by atoms with Crippen LogP contribution in [0.1, 0.15) is 15.9 Å². The lowest BCUT2D eigenvalue weighted by Gasteiger charge is -2.08. The number of benzene rings is 1. The van der Waals surface area contributed by atoms with E-state index in [1.807, 2.05) is 0 Å². The topological polar surface area (TPSA) is 116 Å². The molecule has 1 amide bonds. The lowest BCUT2D eigenvalue weighted by molar-refractivity contribution is 0.100. The maximum atomic E-state index is 12.8. The number of amides is 1. The zero-order valence-corrected chi connectivity index (χ0v) is 11.4. The van der Waals surface area contributed by atoms with Gasteiger partial charge >= 0.3 is 0 Å². The summed E-state index contributed by atoms with van der Waals surface area (Å²) in [5.41, 5.74) is 9.75. The fourth-order valence-corrected chi connectivity index (χ4v) is 2.72. The Labute approximate surface area is 114 Å². The fraction of sp³-hybridized carbons (Fsp3) is 0.200. The van der Waals surface area contributed by atoms with Crippen molar-refractivity contribution in [1.82, 2.24) is 0 Å². The van der Waals surface area contributed by atoms with E-state index in [0.29, 0.717) is 0 Å². The Kier molecular flexibility index (Phi) is 4.48. The summed E-state index contributed by atoms with van der Waals surface area (Å²) in [6.07, 6.45) is 0.915. The molecule has 0 aliphatic rings. The summed E-state index contributed by atoms with van der Waals surface area (Å²) in [6.45, 7) is -1.01. The van der Waals surface area contributed by atoms with Gasteiger partial charge < -0.3 is 11.5 Å². The van der Waals surface area contributed by atoms with Crippen molar-refractivity contribution in [1.29, 1.82) is 0 Å². The maximum Gasteiger partial charge on any atom is 0.280 e. The summed E-state index contributed by atoms with van der Waals surface area (Å²) >= 11 is 5.73. The Morgan fingerprint density at radius 3 is 2.42 bits per heavy atom. The number of nitrogens with two attached hydrogens (primary N) is 2. The minimum absolute atomic E-state index is 0.0904. The van der Waals surface area contributed by atoms with Crippen LogP contribution in [0.5, 0.6) is 0 Å². The minimum atomic E-state index is -3.66. The van der Waals surface area contributed by atoms with Crippen LogP contribution in [0.2, 0.25) is 5.02 Å². The van der Waals surface area contributed by atoms with Crippen molar-refractivity contribution >= 4 is 33.3 Å². The van der Waals surface area contributed by atoms with Gasteiger partial charge in [0.05, 0.1) is 9.92 Å². The molecule has 6 nitrogen and oxygen atoms in total. The van der Waals surface area contributed by atoms with Crippen LogP contribution in [0.3, 0.4) is 0 Å². The first kappa shape index (κ1) is 15.4. The number of guanidine groups is 1. The molecule has 9 heteroatoms. The van der Waals surface area contributed by atoms with E-state index in [1.165, 1.54) is 0 Å². The van der Waals surface area contributed by atoms with E-state index in [0.717, 1.165) is 18.4 Å². The molecule has 0 heterocycles. The number of nitrogens with zero attached hydrogens (tertiary/aromatic N) is 1. The standard InChI is InChI=1S/C10H11ClFN3O3S/c1-19(17,18)8-3-6(9(16)15-10(13)14)5(4-12)2-7(8)11/h2-3H,4H2,1H3,(H4,13,14,15,16). The Balaban J connectivity index is 3.55. The molecule has 0 unspecified atom stereocenters. The Bertz CT molecular complexity index is 654. The van der Waals surface area contributed by atoms with Crippen LogP contribution >= 0.6 is 11.6 Å². The van der Waals surface area contributed by atoms with Crippen LogP contribution in [0.15, 0.2) is 22.0 Å². The first-order valence-electron chi connectivity index (χ1n) is 4.89. The molecule has 1 rings (SSSR count). The van der Waals surface area contributed by atoms with Crippen molar-refractivity contribution in [3.8, 4) is 0 Å². The fourth-order valence-electron chi connectivity index (χ4n) is 1.37. The number of carbonyl (C=O) groups is 1. The van der Waals surface area contributed by atoms with E-state index in [1.54, 1.807) is 0 Å². The van der Waals surface area contributed by atoms with Gasteiger partial charge in [-0.1, -0.05) is 11.6 Å². The highest BCUT2D eigenvalue weighted by Gasteiger charge is 2.19. The molecular formula is C10H11ClFN3O3S. The van der Waals surface area contributed by atoms with Gasteiger partial charge in [0.2, 0.25) is 0 Å². The smallest absolute Gasteiger partial charge is 0.280 e. The quantitative estimate of drug-likeness (QED) is 0.627. The number of halogens is 2. The van der Waals surface area contributed by atoms with Crippen molar-refractivity contribution in [2.24, 2.45) is 16.5 Å². The summed E-state index contributed by atoms with van der Waals surface area (Å²) in [4.78, 5) is 14.6. The van der Waals surface area contributed by atoms with E-state index in [9.17, 15) is 17.6 Å². The summed E-state index contributed by atoms with van der Waals surface area (Å²) in [5.74, 6) is -1.44. The molecule has 0 saturated heterocycles. The van der Waals surface area contributed by atoms with Gasteiger partial charge in [0, 0.05) is 11.8 Å². The summed E-state index contributed by atoms with van der Waals surface area (Å²) in [5, 5.41) is -0.170. The number of alkyl halides is 1. The van der Waals surface area contributed by atoms with E-state index in [-0.39, 0.29) is 21.0 Å². The molecule has 0 spiro atoms. The number of hydrogen-bond donors (Lipinski definition) is 2. The zero-order valence-electron chi connectivity index (χ0n) is 9.85. The Morgan fingerprint density at radius 1 is 1.42 bits per heavy atom. The third-order valence-electron chi connectivity index (χ3n) is 2.16. The molecule has 0 aliphatic carbocycles. The van der Waals surface area contributed by atoms with Crippen molar-refractivity contribution in [3.05, 3.63) is 28.3 Å². The molecule has 19 heavy (non-hydrogen) atoms. The lowest BCUT2D eigenvalue weighted by atomic mass is 10.1. The monoisotopic (exact) mass is 307 g/mol. The Hall–Kier alpha value is -1.67. The highest BCUT2D eigenvalue weighted by atomic mass is 35.5. The van der Waals surface area contributed by atoms with Crippen molar-refractivity contribution < 1.29 is 17.6 Å². The summed E-state index contributed by atoms with van der Waals surface area (Å²) < 4.78 is 35.8. The number of sulfone groups is 1. The zero-order chi connectivity index (χ0) is 14.8. The van der Waals surface area contributed by atoms with Crippen molar-refractivity contribution in [3.63, 3.8) is 0 Å². The van der Waals surface area contributed by atoms with Gasteiger partial charge in [0.25, 0.3) is 5.91 Å². The molecule has 0 atom stereocenters. The van der Waals surface area contributed by atoms with E-state index < -0.39 is 28.4 Å². The first-order valence-corrected chi connectivity index (χ1v) is 7.16.